The van der Waals surface area contributed by atoms with E-state index in [1.54, 1.807) is 30.3 Å². The number of carbonyl (C=O) groups is 3. The predicted octanol–water partition coefficient (Wildman–Crippen LogP) is 3.31. The molecule has 0 atom stereocenters. The van der Waals surface area contributed by atoms with E-state index in [2.05, 4.69) is 29.5 Å². The molecule has 2 aromatic rings. The molecule has 0 unspecified atom stereocenters. The summed E-state index contributed by atoms with van der Waals surface area (Å²) < 4.78 is 0. The van der Waals surface area contributed by atoms with E-state index in [9.17, 15) is 14.4 Å². The fourth-order valence-corrected chi connectivity index (χ4v) is 2.26. The van der Waals surface area contributed by atoms with Gasteiger partial charge in [-0.3, -0.25) is 19.4 Å². The van der Waals surface area contributed by atoms with Crippen LogP contribution in [-0.2, 0) is 0 Å². The number of nitrogens with zero attached hydrogens (tertiary/aromatic N) is 1. The Morgan fingerprint density at radius 2 is 1.69 bits per heavy atom. The summed E-state index contributed by atoms with van der Waals surface area (Å²) in [5.41, 5.74) is 1.66. The third-order valence-electron chi connectivity index (χ3n) is 3.81. The molecule has 6 heteroatoms. The Morgan fingerprint density at radius 3 is 2.31 bits per heavy atom. The highest BCUT2D eigenvalue weighted by Gasteiger charge is 2.12. The molecule has 0 aliphatic rings. The number of hydrogen-bond acceptors (Lipinski definition) is 4. The molecule has 2 N–H and O–H groups in total. The van der Waals surface area contributed by atoms with E-state index in [0.29, 0.717) is 29.3 Å². The number of rotatable bonds is 7. The Bertz CT molecular complexity index is 798. The molecule has 136 valence electrons. The van der Waals surface area contributed by atoms with Gasteiger partial charge in [0, 0.05) is 29.6 Å². The standard InChI is InChI=1S/C20H23N3O3/c1-13(2)8-10-22-19(25)16-9-11-21-18(12-16)20(26)23-17-6-4-15(5-7-17)14(3)24/h4-7,9,11-13H,8,10H2,1-3H3,(H,22,25)(H,23,26). The fraction of sp³-hybridized carbons (Fsp3) is 0.300. The van der Waals surface area contributed by atoms with Crippen LogP contribution in [-0.4, -0.2) is 29.1 Å². The number of Topliss-reactive ketones (excluding diaryl/α,β-unsaturated/α-hetero) is 1. The number of amides is 2. The van der Waals surface area contributed by atoms with Gasteiger partial charge < -0.3 is 10.6 Å². The van der Waals surface area contributed by atoms with E-state index in [4.69, 9.17) is 0 Å². The lowest BCUT2D eigenvalue weighted by molar-refractivity contribution is 0.0950. The molecule has 0 saturated carbocycles. The van der Waals surface area contributed by atoms with E-state index in [-0.39, 0.29) is 17.4 Å². The monoisotopic (exact) mass is 353 g/mol. The van der Waals surface area contributed by atoms with Crippen molar-refractivity contribution in [2.24, 2.45) is 5.92 Å². The van der Waals surface area contributed by atoms with Crippen LogP contribution in [0, 0.1) is 5.92 Å². The van der Waals surface area contributed by atoms with Crippen LogP contribution in [0.3, 0.4) is 0 Å². The van der Waals surface area contributed by atoms with Gasteiger partial charge in [0.05, 0.1) is 0 Å². The van der Waals surface area contributed by atoms with Gasteiger partial charge in [-0.05, 0) is 55.7 Å². The van der Waals surface area contributed by atoms with Crippen LogP contribution in [0.15, 0.2) is 42.6 Å². The number of nitrogens with one attached hydrogen (secondary N) is 2. The van der Waals surface area contributed by atoms with Crippen LogP contribution < -0.4 is 10.6 Å². The molecular formula is C20H23N3O3. The molecule has 1 aromatic heterocycles. The van der Waals surface area contributed by atoms with Gasteiger partial charge in [0.1, 0.15) is 5.69 Å². The summed E-state index contributed by atoms with van der Waals surface area (Å²) in [5.74, 6) is -0.186. The van der Waals surface area contributed by atoms with Gasteiger partial charge in [0.2, 0.25) is 0 Å². The SMILES string of the molecule is CC(=O)c1ccc(NC(=O)c2cc(C(=O)NCCC(C)C)ccn2)cc1. The van der Waals surface area contributed by atoms with Gasteiger partial charge in [-0.2, -0.15) is 0 Å². The first-order chi connectivity index (χ1) is 12.4. The van der Waals surface area contributed by atoms with Crippen LogP contribution in [0.4, 0.5) is 5.69 Å². The molecule has 0 aliphatic heterocycles. The highest BCUT2D eigenvalue weighted by molar-refractivity contribution is 6.05. The lowest BCUT2D eigenvalue weighted by Crippen LogP contribution is -2.26. The van der Waals surface area contributed by atoms with Crippen LogP contribution in [0.25, 0.3) is 0 Å². The first-order valence-electron chi connectivity index (χ1n) is 8.53. The summed E-state index contributed by atoms with van der Waals surface area (Å²) in [6.07, 6.45) is 2.32. The zero-order valence-corrected chi connectivity index (χ0v) is 15.2. The maximum atomic E-state index is 12.3. The number of hydrogen-bond donors (Lipinski definition) is 2. The lowest BCUT2D eigenvalue weighted by atomic mass is 10.1. The predicted molar refractivity (Wildman–Crippen MR) is 100 cm³/mol. The molecule has 0 aliphatic carbocycles. The molecule has 6 nitrogen and oxygen atoms in total. The van der Waals surface area contributed by atoms with E-state index >= 15 is 0 Å². The molecule has 2 amide bonds. The van der Waals surface area contributed by atoms with Gasteiger partial charge in [0.25, 0.3) is 11.8 Å². The summed E-state index contributed by atoms with van der Waals surface area (Å²) in [5, 5.41) is 5.54. The minimum atomic E-state index is -0.419. The number of aromatic nitrogens is 1. The first kappa shape index (κ1) is 19.3. The molecule has 1 aromatic carbocycles. The summed E-state index contributed by atoms with van der Waals surface area (Å²) in [6, 6.07) is 9.62. The summed E-state index contributed by atoms with van der Waals surface area (Å²) in [7, 11) is 0. The molecule has 0 spiro atoms. The van der Waals surface area contributed by atoms with Crippen LogP contribution in [0.2, 0.25) is 0 Å². The highest BCUT2D eigenvalue weighted by Crippen LogP contribution is 2.12. The van der Waals surface area contributed by atoms with E-state index in [0.717, 1.165) is 6.42 Å². The molecule has 0 fully saturated rings. The van der Waals surface area contributed by atoms with Crippen molar-refractivity contribution < 1.29 is 14.4 Å². The fourth-order valence-electron chi connectivity index (χ4n) is 2.26. The third-order valence-corrected chi connectivity index (χ3v) is 3.81. The Morgan fingerprint density at radius 1 is 1.00 bits per heavy atom. The zero-order chi connectivity index (χ0) is 19.1. The van der Waals surface area contributed by atoms with Gasteiger partial charge in [-0.25, -0.2) is 0 Å². The van der Waals surface area contributed by atoms with Gasteiger partial charge in [0.15, 0.2) is 5.78 Å². The highest BCUT2D eigenvalue weighted by atomic mass is 16.2. The van der Waals surface area contributed by atoms with Crippen molar-refractivity contribution in [1.29, 1.82) is 0 Å². The van der Waals surface area contributed by atoms with Crippen molar-refractivity contribution >= 4 is 23.3 Å². The largest absolute Gasteiger partial charge is 0.352 e. The number of ketones is 1. The number of carbonyl (C=O) groups excluding carboxylic acids is 3. The van der Waals surface area contributed by atoms with E-state index < -0.39 is 5.91 Å². The molecule has 26 heavy (non-hydrogen) atoms. The average molecular weight is 353 g/mol. The maximum absolute atomic E-state index is 12.3. The van der Waals surface area contributed by atoms with Crippen molar-refractivity contribution in [3.8, 4) is 0 Å². The minimum absolute atomic E-state index is 0.0410. The molecule has 0 bridgehead atoms. The van der Waals surface area contributed by atoms with E-state index in [1.165, 1.54) is 19.2 Å². The van der Waals surface area contributed by atoms with Crippen LogP contribution in [0.1, 0.15) is 58.4 Å². The smallest absolute Gasteiger partial charge is 0.274 e. The molecule has 1 heterocycles. The molecule has 2 rings (SSSR count). The van der Waals surface area contributed by atoms with Gasteiger partial charge in [-0.1, -0.05) is 13.8 Å². The van der Waals surface area contributed by atoms with Gasteiger partial charge >= 0.3 is 0 Å². The second kappa shape index (κ2) is 8.89. The Hall–Kier alpha value is -3.02. The van der Waals surface area contributed by atoms with Crippen LogP contribution >= 0.6 is 0 Å². The first-order valence-corrected chi connectivity index (χ1v) is 8.53. The average Bonchev–Trinajstić information content (AvgIpc) is 2.62. The van der Waals surface area contributed by atoms with Crippen molar-refractivity contribution in [1.82, 2.24) is 10.3 Å². The van der Waals surface area contributed by atoms with Crippen molar-refractivity contribution in [3.05, 3.63) is 59.4 Å². The summed E-state index contributed by atoms with van der Waals surface area (Å²) in [4.78, 5) is 39.8. The second-order valence-corrected chi connectivity index (χ2v) is 6.46. The van der Waals surface area contributed by atoms with Crippen LogP contribution in [0.5, 0.6) is 0 Å². The normalized spacial score (nSPS) is 10.5. The quantitative estimate of drug-likeness (QED) is 0.748. The Balaban J connectivity index is 2.03. The minimum Gasteiger partial charge on any atom is -0.352 e. The number of benzene rings is 1. The third kappa shape index (κ3) is 5.51. The second-order valence-electron chi connectivity index (χ2n) is 6.46. The molecular weight excluding hydrogens is 330 g/mol. The maximum Gasteiger partial charge on any atom is 0.274 e. The Labute approximate surface area is 153 Å². The van der Waals surface area contributed by atoms with Crippen molar-refractivity contribution in [2.45, 2.75) is 27.2 Å². The molecule has 0 saturated heterocycles. The van der Waals surface area contributed by atoms with Crippen molar-refractivity contribution in [3.63, 3.8) is 0 Å². The van der Waals surface area contributed by atoms with Crippen molar-refractivity contribution in [2.75, 3.05) is 11.9 Å². The summed E-state index contributed by atoms with van der Waals surface area (Å²) >= 11 is 0. The number of pyridine rings is 1. The lowest BCUT2D eigenvalue weighted by Gasteiger charge is -2.09. The van der Waals surface area contributed by atoms with Gasteiger partial charge in [-0.15, -0.1) is 0 Å². The topological polar surface area (TPSA) is 88.2 Å². The van der Waals surface area contributed by atoms with E-state index in [1.807, 2.05) is 0 Å². The number of anilines is 1. The zero-order valence-electron chi connectivity index (χ0n) is 15.2. The Kier molecular flexibility index (Phi) is 6.60. The summed E-state index contributed by atoms with van der Waals surface area (Å²) in [6.45, 7) is 6.24. The molecule has 0 radical (unpaired) electrons.